The molecule has 2 aromatic rings. The van der Waals surface area contributed by atoms with E-state index < -0.39 is 30.0 Å². The van der Waals surface area contributed by atoms with Gasteiger partial charge in [-0.2, -0.15) is 8.78 Å². The lowest BCUT2D eigenvalue weighted by molar-refractivity contribution is -0.236. The fourth-order valence-corrected chi connectivity index (χ4v) is 3.97. The summed E-state index contributed by atoms with van der Waals surface area (Å²) in [4.78, 5) is 14.1. The van der Waals surface area contributed by atoms with Crippen molar-refractivity contribution in [2.45, 2.75) is 25.0 Å². The molecule has 7 heteroatoms. The number of ether oxygens (including phenoxy) is 1. The normalized spacial score (nSPS) is 22.0. The topological polar surface area (TPSA) is 41.6 Å². The lowest BCUT2D eigenvalue weighted by Crippen LogP contribution is -2.45. The van der Waals surface area contributed by atoms with Crippen LogP contribution in [0.2, 0.25) is 0 Å². The van der Waals surface area contributed by atoms with E-state index in [9.17, 15) is 18.0 Å². The summed E-state index contributed by atoms with van der Waals surface area (Å²) < 4.78 is 47.0. The number of halogens is 3. The van der Waals surface area contributed by atoms with Gasteiger partial charge in [-0.3, -0.25) is 4.90 Å². The van der Waals surface area contributed by atoms with Crippen LogP contribution < -0.4 is 5.32 Å². The van der Waals surface area contributed by atoms with Gasteiger partial charge < -0.3 is 10.1 Å². The minimum atomic E-state index is -3.54. The molecule has 2 heterocycles. The summed E-state index contributed by atoms with van der Waals surface area (Å²) in [7, 11) is 0. The quantitative estimate of drug-likeness (QED) is 0.858. The van der Waals surface area contributed by atoms with Gasteiger partial charge >= 0.3 is 12.2 Å². The number of hydrogen-bond donors (Lipinski definition) is 1. The highest BCUT2D eigenvalue weighted by Crippen LogP contribution is 2.38. The van der Waals surface area contributed by atoms with Gasteiger partial charge in [0.25, 0.3) is 0 Å². The number of hydrogen-bond acceptors (Lipinski definition) is 3. The van der Waals surface area contributed by atoms with Crippen LogP contribution in [0.4, 0.5) is 18.0 Å². The third kappa shape index (κ3) is 3.58. The maximum absolute atomic E-state index is 14.5. The van der Waals surface area contributed by atoms with Crippen molar-refractivity contribution in [3.8, 4) is 0 Å². The first-order valence-corrected chi connectivity index (χ1v) is 9.37. The zero-order valence-corrected chi connectivity index (χ0v) is 15.2. The van der Waals surface area contributed by atoms with Crippen LogP contribution in [0.25, 0.3) is 0 Å². The molecular formula is C21H21F3N2O2. The monoisotopic (exact) mass is 390 g/mol. The number of fused-ring (bicyclic) bond motifs is 1. The third-order valence-corrected chi connectivity index (χ3v) is 5.46. The van der Waals surface area contributed by atoms with Gasteiger partial charge in [-0.05, 0) is 48.2 Å². The molecule has 1 saturated heterocycles. The van der Waals surface area contributed by atoms with E-state index in [1.807, 2.05) is 24.3 Å². The van der Waals surface area contributed by atoms with Crippen molar-refractivity contribution < 1.29 is 22.7 Å². The Hall–Kier alpha value is -2.54. The number of rotatable bonds is 3. The number of carbonyl (C=O) groups is 1. The number of carbonyl (C=O) groups excluding carboxylic acids is 1. The van der Waals surface area contributed by atoms with E-state index in [1.54, 1.807) is 12.1 Å². The largest absolute Gasteiger partial charge is 0.415 e. The smallest absolute Gasteiger partial charge is 0.384 e. The number of amides is 1. The van der Waals surface area contributed by atoms with E-state index in [0.29, 0.717) is 18.5 Å². The number of alkyl halides is 2. The minimum absolute atomic E-state index is 0.116. The first-order chi connectivity index (χ1) is 13.5. The Balaban J connectivity index is 1.64. The first kappa shape index (κ1) is 18.8. The standard InChI is InChI=1S/C21H21F3N2O2/c22-17-7-5-15(6-8-17)19-18-4-2-1-3-14(18)10-12-26(19)20(27)28-21(23,24)16-9-11-25-13-16/h1-8,16,19,25H,9-13H2/t16-,19-/m0/s1. The van der Waals surface area contributed by atoms with E-state index >= 15 is 0 Å². The predicted octanol–water partition coefficient (Wildman–Crippen LogP) is 4.11. The molecule has 2 atom stereocenters. The second-order valence-electron chi connectivity index (χ2n) is 7.22. The van der Waals surface area contributed by atoms with Crippen molar-refractivity contribution in [1.29, 1.82) is 0 Å². The molecule has 0 unspecified atom stereocenters. The summed E-state index contributed by atoms with van der Waals surface area (Å²) in [5.74, 6) is -1.43. The van der Waals surface area contributed by atoms with Crippen molar-refractivity contribution in [3.05, 3.63) is 71.0 Å². The van der Waals surface area contributed by atoms with Crippen LogP contribution in [0, 0.1) is 11.7 Å². The van der Waals surface area contributed by atoms with Gasteiger partial charge in [-0.15, -0.1) is 0 Å². The van der Waals surface area contributed by atoms with Gasteiger partial charge in [-0.1, -0.05) is 36.4 Å². The average Bonchev–Trinajstić information content (AvgIpc) is 3.23. The van der Waals surface area contributed by atoms with Gasteiger partial charge in [0.2, 0.25) is 0 Å². The molecule has 1 N–H and O–H groups in total. The summed E-state index contributed by atoms with van der Waals surface area (Å²) in [5, 5.41) is 2.86. The van der Waals surface area contributed by atoms with Crippen molar-refractivity contribution in [3.63, 3.8) is 0 Å². The molecule has 0 bridgehead atoms. The summed E-state index contributed by atoms with van der Waals surface area (Å²) in [6, 6.07) is 12.7. The van der Waals surface area contributed by atoms with Crippen LogP contribution in [-0.4, -0.2) is 36.7 Å². The molecule has 0 aromatic heterocycles. The highest BCUT2D eigenvalue weighted by atomic mass is 19.3. The summed E-state index contributed by atoms with van der Waals surface area (Å²) in [6.45, 7) is 0.842. The third-order valence-electron chi connectivity index (χ3n) is 5.46. The molecule has 28 heavy (non-hydrogen) atoms. The van der Waals surface area contributed by atoms with Crippen molar-refractivity contribution in [1.82, 2.24) is 10.2 Å². The summed E-state index contributed by atoms with van der Waals surface area (Å²) in [6.07, 6.45) is -3.80. The molecular weight excluding hydrogens is 369 g/mol. The van der Waals surface area contributed by atoms with Crippen molar-refractivity contribution >= 4 is 6.09 Å². The van der Waals surface area contributed by atoms with Crippen molar-refractivity contribution in [2.24, 2.45) is 5.92 Å². The molecule has 1 fully saturated rings. The van der Waals surface area contributed by atoms with Crippen molar-refractivity contribution in [2.75, 3.05) is 19.6 Å². The zero-order valence-electron chi connectivity index (χ0n) is 15.2. The summed E-state index contributed by atoms with van der Waals surface area (Å²) in [5.41, 5.74) is 2.52. The Morgan fingerprint density at radius 3 is 2.61 bits per heavy atom. The molecule has 0 aliphatic carbocycles. The first-order valence-electron chi connectivity index (χ1n) is 9.37. The zero-order chi connectivity index (χ0) is 19.7. The second-order valence-corrected chi connectivity index (χ2v) is 7.22. The number of benzene rings is 2. The molecule has 148 valence electrons. The lowest BCUT2D eigenvalue weighted by atomic mass is 9.88. The van der Waals surface area contributed by atoms with Gasteiger partial charge in [0.15, 0.2) is 0 Å². The molecule has 2 aliphatic heterocycles. The fraction of sp³-hybridized carbons (Fsp3) is 0.381. The van der Waals surface area contributed by atoms with E-state index in [-0.39, 0.29) is 19.5 Å². The van der Waals surface area contributed by atoms with Crippen LogP contribution in [0.15, 0.2) is 48.5 Å². The molecule has 2 aliphatic rings. The van der Waals surface area contributed by atoms with Crippen LogP contribution in [0.5, 0.6) is 0 Å². The molecule has 0 spiro atoms. The fourth-order valence-electron chi connectivity index (χ4n) is 3.97. The van der Waals surface area contributed by atoms with Crippen LogP contribution in [0.3, 0.4) is 0 Å². The van der Waals surface area contributed by atoms with Gasteiger partial charge in [0, 0.05) is 13.1 Å². The molecule has 2 aromatic carbocycles. The van der Waals surface area contributed by atoms with E-state index in [4.69, 9.17) is 4.74 Å². The second kappa shape index (κ2) is 7.47. The van der Waals surface area contributed by atoms with E-state index in [1.165, 1.54) is 17.0 Å². The van der Waals surface area contributed by atoms with E-state index in [0.717, 1.165) is 11.1 Å². The summed E-state index contributed by atoms with van der Waals surface area (Å²) >= 11 is 0. The Bertz CT molecular complexity index is 851. The number of nitrogens with one attached hydrogen (secondary N) is 1. The Morgan fingerprint density at radius 2 is 1.89 bits per heavy atom. The average molecular weight is 390 g/mol. The van der Waals surface area contributed by atoms with Gasteiger partial charge in [0.05, 0.1) is 12.0 Å². The minimum Gasteiger partial charge on any atom is -0.384 e. The molecule has 0 saturated carbocycles. The van der Waals surface area contributed by atoms with Crippen LogP contribution in [0.1, 0.15) is 29.2 Å². The van der Waals surface area contributed by atoms with Crippen LogP contribution in [-0.2, 0) is 11.2 Å². The SMILES string of the molecule is O=C(OC(F)(F)[C@H]1CCNC1)N1CCc2ccccc2[C@@H]1c1ccc(F)cc1. The van der Waals surface area contributed by atoms with Crippen LogP contribution >= 0.6 is 0 Å². The highest BCUT2D eigenvalue weighted by molar-refractivity contribution is 5.70. The lowest BCUT2D eigenvalue weighted by Gasteiger charge is -2.38. The molecule has 0 radical (unpaired) electrons. The Labute approximate surface area is 161 Å². The Morgan fingerprint density at radius 1 is 1.14 bits per heavy atom. The Kier molecular flexibility index (Phi) is 5.02. The van der Waals surface area contributed by atoms with E-state index in [2.05, 4.69) is 5.32 Å². The van der Waals surface area contributed by atoms with Gasteiger partial charge in [-0.25, -0.2) is 9.18 Å². The van der Waals surface area contributed by atoms with Gasteiger partial charge in [0.1, 0.15) is 5.82 Å². The molecule has 1 amide bonds. The maximum Gasteiger partial charge on any atom is 0.415 e. The molecule has 4 rings (SSSR count). The maximum atomic E-state index is 14.5. The number of nitrogens with zero attached hydrogens (tertiary/aromatic N) is 1. The molecule has 4 nitrogen and oxygen atoms in total. The highest BCUT2D eigenvalue weighted by Gasteiger charge is 2.47. The predicted molar refractivity (Wildman–Crippen MR) is 97.5 cm³/mol.